The van der Waals surface area contributed by atoms with Crippen LogP contribution in [-0.4, -0.2) is 21.3 Å². The summed E-state index contributed by atoms with van der Waals surface area (Å²) in [7, 11) is 0. The summed E-state index contributed by atoms with van der Waals surface area (Å²) in [4.78, 5) is 11.6. The maximum atomic E-state index is 11.6. The summed E-state index contributed by atoms with van der Waals surface area (Å²) in [6.07, 6.45) is 1.40. The summed E-state index contributed by atoms with van der Waals surface area (Å²) in [5.41, 5.74) is 2.55. The molecule has 0 fully saturated rings. The van der Waals surface area contributed by atoms with Crippen LogP contribution in [0, 0.1) is 6.92 Å². The molecule has 2 aromatic rings. The van der Waals surface area contributed by atoms with E-state index in [9.17, 15) is 4.79 Å². The lowest BCUT2D eigenvalue weighted by atomic mass is 10.1. The number of amides is 1. The lowest BCUT2D eigenvalue weighted by Crippen LogP contribution is -2.23. The van der Waals surface area contributed by atoms with Crippen molar-refractivity contribution in [1.29, 1.82) is 0 Å². The number of carbonyl (C=O) groups excluding carboxylic acids is 1. The topological polar surface area (TPSA) is 70.7 Å². The Morgan fingerprint density at radius 3 is 2.94 bits per heavy atom. The molecule has 0 saturated carbocycles. The predicted molar refractivity (Wildman–Crippen MR) is 58.7 cm³/mol. The van der Waals surface area contributed by atoms with Crippen LogP contribution in [0.1, 0.15) is 21.6 Å². The fourth-order valence-corrected chi connectivity index (χ4v) is 1.39. The lowest BCUT2D eigenvalue weighted by molar-refractivity contribution is 0.0946. The van der Waals surface area contributed by atoms with Crippen molar-refractivity contribution in [2.45, 2.75) is 13.5 Å². The third-order valence-electron chi connectivity index (χ3n) is 2.35. The number of aryl methyl sites for hydroxylation is 1. The first-order valence-electron chi connectivity index (χ1n) is 4.96. The van der Waals surface area contributed by atoms with Gasteiger partial charge in [0, 0.05) is 6.54 Å². The molecule has 16 heavy (non-hydrogen) atoms. The number of hydrogen-bond donors (Lipinski definition) is 2. The molecule has 2 N–H and O–H groups in total. The Morgan fingerprint density at radius 1 is 1.44 bits per heavy atom. The summed E-state index contributed by atoms with van der Waals surface area (Å²) < 4.78 is 0. The molecule has 0 radical (unpaired) electrons. The quantitative estimate of drug-likeness (QED) is 0.805. The molecule has 0 spiro atoms. The third-order valence-corrected chi connectivity index (χ3v) is 2.35. The van der Waals surface area contributed by atoms with E-state index in [0.717, 1.165) is 11.1 Å². The minimum Gasteiger partial charge on any atom is -0.347 e. The number of nitrogens with one attached hydrogen (secondary N) is 2. The molecule has 1 aromatic carbocycles. The highest BCUT2D eigenvalue weighted by atomic mass is 16.1. The van der Waals surface area contributed by atoms with Crippen molar-refractivity contribution in [2.75, 3.05) is 0 Å². The van der Waals surface area contributed by atoms with Crippen LogP contribution in [0.15, 0.2) is 30.5 Å². The second kappa shape index (κ2) is 4.57. The fourth-order valence-electron chi connectivity index (χ4n) is 1.39. The van der Waals surface area contributed by atoms with Gasteiger partial charge in [-0.1, -0.05) is 24.3 Å². The van der Waals surface area contributed by atoms with Crippen molar-refractivity contribution in [2.24, 2.45) is 0 Å². The Balaban J connectivity index is 1.98. The maximum absolute atomic E-state index is 11.6. The van der Waals surface area contributed by atoms with Crippen LogP contribution in [0.25, 0.3) is 0 Å². The first kappa shape index (κ1) is 10.4. The first-order valence-corrected chi connectivity index (χ1v) is 4.96. The number of hydrogen-bond acceptors (Lipinski definition) is 3. The van der Waals surface area contributed by atoms with Gasteiger partial charge >= 0.3 is 0 Å². The molecule has 0 saturated heterocycles. The second-order valence-electron chi connectivity index (χ2n) is 3.46. The van der Waals surface area contributed by atoms with Crippen molar-refractivity contribution >= 4 is 5.91 Å². The standard InChI is InChI=1S/C11H12N4O/c1-8-4-2-3-5-9(8)6-12-11(16)10-7-13-15-14-10/h2-5,7H,6H2,1H3,(H,12,16)(H,13,14,15). The molecule has 5 heteroatoms. The molecule has 1 heterocycles. The smallest absolute Gasteiger partial charge is 0.273 e. The zero-order chi connectivity index (χ0) is 11.4. The third kappa shape index (κ3) is 2.25. The van der Waals surface area contributed by atoms with Gasteiger partial charge in [0.05, 0.1) is 6.20 Å². The summed E-state index contributed by atoms with van der Waals surface area (Å²) in [5, 5.41) is 12.5. The molecule has 0 aliphatic carbocycles. The van der Waals surface area contributed by atoms with Gasteiger partial charge in [-0.15, -0.1) is 0 Å². The Hall–Kier alpha value is -2.17. The first-order chi connectivity index (χ1) is 7.77. The fraction of sp³-hybridized carbons (Fsp3) is 0.182. The largest absolute Gasteiger partial charge is 0.347 e. The molecule has 82 valence electrons. The Labute approximate surface area is 92.9 Å². The highest BCUT2D eigenvalue weighted by Gasteiger charge is 2.07. The van der Waals surface area contributed by atoms with E-state index in [1.165, 1.54) is 6.20 Å². The average molecular weight is 216 g/mol. The van der Waals surface area contributed by atoms with Gasteiger partial charge in [0.25, 0.3) is 5.91 Å². The SMILES string of the molecule is Cc1ccccc1CNC(=O)c1cn[nH]n1. The molecule has 1 amide bonds. The minimum absolute atomic E-state index is 0.225. The van der Waals surface area contributed by atoms with Crippen molar-refractivity contribution < 1.29 is 4.79 Å². The molecule has 0 bridgehead atoms. The number of rotatable bonds is 3. The number of carbonyl (C=O) groups is 1. The van der Waals surface area contributed by atoms with Crippen molar-refractivity contribution in [1.82, 2.24) is 20.7 Å². The zero-order valence-electron chi connectivity index (χ0n) is 8.90. The lowest BCUT2D eigenvalue weighted by Gasteiger charge is -2.05. The van der Waals surface area contributed by atoms with Crippen LogP contribution < -0.4 is 5.32 Å². The van der Waals surface area contributed by atoms with Crippen LogP contribution in [0.5, 0.6) is 0 Å². The number of nitrogens with zero attached hydrogens (tertiary/aromatic N) is 2. The van der Waals surface area contributed by atoms with Gasteiger partial charge in [-0.2, -0.15) is 15.4 Å². The van der Waals surface area contributed by atoms with E-state index in [0.29, 0.717) is 12.2 Å². The van der Waals surface area contributed by atoms with Crippen LogP contribution in [-0.2, 0) is 6.54 Å². The highest BCUT2D eigenvalue weighted by molar-refractivity contribution is 5.91. The minimum atomic E-state index is -0.225. The van der Waals surface area contributed by atoms with Crippen LogP contribution >= 0.6 is 0 Å². The second-order valence-corrected chi connectivity index (χ2v) is 3.46. The number of aromatic amines is 1. The Bertz CT molecular complexity index is 478. The monoisotopic (exact) mass is 216 g/mol. The molecule has 2 rings (SSSR count). The van der Waals surface area contributed by atoms with Gasteiger partial charge in [0.1, 0.15) is 0 Å². The maximum Gasteiger partial charge on any atom is 0.273 e. The molecule has 0 aliphatic rings. The molecule has 5 nitrogen and oxygen atoms in total. The normalized spacial score (nSPS) is 10.1. The molecular formula is C11H12N4O. The van der Waals surface area contributed by atoms with E-state index in [1.807, 2.05) is 31.2 Å². The summed E-state index contributed by atoms with van der Waals surface area (Å²) in [6, 6.07) is 7.92. The molecule has 0 atom stereocenters. The van der Waals surface area contributed by atoms with E-state index < -0.39 is 0 Å². The number of H-pyrrole nitrogens is 1. The molecule has 0 aliphatic heterocycles. The number of benzene rings is 1. The summed E-state index contributed by atoms with van der Waals surface area (Å²) >= 11 is 0. The summed E-state index contributed by atoms with van der Waals surface area (Å²) in [6.45, 7) is 2.51. The predicted octanol–water partition coefficient (Wildman–Crippen LogP) is 1.04. The molecule has 1 aromatic heterocycles. The Morgan fingerprint density at radius 2 is 2.25 bits per heavy atom. The number of aromatic nitrogens is 3. The van der Waals surface area contributed by atoms with Crippen molar-refractivity contribution in [3.05, 3.63) is 47.3 Å². The van der Waals surface area contributed by atoms with Crippen molar-refractivity contribution in [3.8, 4) is 0 Å². The van der Waals surface area contributed by atoms with Gasteiger partial charge in [0.15, 0.2) is 5.69 Å². The van der Waals surface area contributed by atoms with E-state index in [2.05, 4.69) is 20.7 Å². The average Bonchev–Trinajstić information content (AvgIpc) is 2.81. The van der Waals surface area contributed by atoms with Gasteiger partial charge in [-0.05, 0) is 18.1 Å². The van der Waals surface area contributed by atoms with Crippen LogP contribution in [0.3, 0.4) is 0 Å². The van der Waals surface area contributed by atoms with Crippen molar-refractivity contribution in [3.63, 3.8) is 0 Å². The molecule has 0 unspecified atom stereocenters. The molecular weight excluding hydrogens is 204 g/mol. The van der Waals surface area contributed by atoms with Gasteiger partial charge in [0.2, 0.25) is 0 Å². The van der Waals surface area contributed by atoms with Crippen LogP contribution in [0.4, 0.5) is 0 Å². The zero-order valence-corrected chi connectivity index (χ0v) is 8.90. The van der Waals surface area contributed by atoms with Crippen LogP contribution in [0.2, 0.25) is 0 Å². The van der Waals surface area contributed by atoms with E-state index in [4.69, 9.17) is 0 Å². The van der Waals surface area contributed by atoms with E-state index >= 15 is 0 Å². The van der Waals surface area contributed by atoms with Gasteiger partial charge in [-0.25, -0.2) is 0 Å². The van der Waals surface area contributed by atoms with Gasteiger partial charge < -0.3 is 5.32 Å². The van der Waals surface area contributed by atoms with Gasteiger partial charge in [-0.3, -0.25) is 4.79 Å². The summed E-state index contributed by atoms with van der Waals surface area (Å²) in [5.74, 6) is -0.225. The van der Waals surface area contributed by atoms with E-state index in [-0.39, 0.29) is 5.91 Å². The highest BCUT2D eigenvalue weighted by Crippen LogP contribution is 2.06. The van der Waals surface area contributed by atoms with E-state index in [1.54, 1.807) is 0 Å². The Kier molecular flexibility index (Phi) is 2.95.